The van der Waals surface area contributed by atoms with E-state index in [0.29, 0.717) is 40.1 Å². The third kappa shape index (κ3) is 7.33. The van der Waals surface area contributed by atoms with Gasteiger partial charge >= 0.3 is 5.97 Å². The van der Waals surface area contributed by atoms with Crippen LogP contribution in [0.15, 0.2) is 42.5 Å². The van der Waals surface area contributed by atoms with Gasteiger partial charge in [-0.2, -0.15) is 0 Å². The Bertz CT molecular complexity index is 881. The number of ether oxygens (including phenoxy) is 3. The van der Waals surface area contributed by atoms with E-state index in [2.05, 4.69) is 5.32 Å². The average Bonchev–Trinajstić information content (AvgIpc) is 2.71. The maximum absolute atomic E-state index is 11.8. The van der Waals surface area contributed by atoms with Crippen molar-refractivity contribution in [2.24, 2.45) is 0 Å². The summed E-state index contributed by atoms with van der Waals surface area (Å²) in [4.78, 5) is 23.6. The number of hydrogen-bond acceptors (Lipinski definition) is 5. The zero-order chi connectivity index (χ0) is 21.2. The van der Waals surface area contributed by atoms with E-state index in [1.807, 2.05) is 12.1 Å². The lowest BCUT2D eigenvalue weighted by molar-refractivity contribution is -0.143. The second-order valence-electron chi connectivity index (χ2n) is 5.91. The van der Waals surface area contributed by atoms with Gasteiger partial charge < -0.3 is 19.5 Å². The van der Waals surface area contributed by atoms with E-state index in [4.69, 9.17) is 37.4 Å². The fraction of sp³-hybridized carbons (Fsp3) is 0.238. The molecule has 0 saturated carbocycles. The van der Waals surface area contributed by atoms with Crippen LogP contribution in [0.25, 0.3) is 6.08 Å². The number of carbonyl (C=O) groups excluding carboxylic acids is 2. The van der Waals surface area contributed by atoms with Crippen molar-refractivity contribution in [2.75, 3.05) is 27.4 Å². The quantitative estimate of drug-likeness (QED) is 0.475. The minimum atomic E-state index is -0.649. The first-order valence-electron chi connectivity index (χ1n) is 8.70. The molecule has 0 bridgehead atoms. The Kier molecular flexibility index (Phi) is 8.83. The zero-order valence-electron chi connectivity index (χ0n) is 16.0. The molecular formula is C21H21Cl2NO5. The van der Waals surface area contributed by atoms with E-state index in [1.54, 1.807) is 24.3 Å². The maximum Gasteiger partial charge on any atom is 0.331 e. The summed E-state index contributed by atoms with van der Waals surface area (Å²) in [5.74, 6) is -0.184. The summed E-state index contributed by atoms with van der Waals surface area (Å²) in [7, 11) is 2.97. The largest absolute Gasteiger partial charge is 0.493 e. The van der Waals surface area contributed by atoms with Crippen molar-refractivity contribution in [3.8, 4) is 11.5 Å². The Hall–Kier alpha value is -2.70. The fourth-order valence-electron chi connectivity index (χ4n) is 2.43. The van der Waals surface area contributed by atoms with E-state index in [1.165, 1.54) is 26.4 Å². The Morgan fingerprint density at radius 2 is 1.79 bits per heavy atom. The normalized spacial score (nSPS) is 10.6. The molecular weight excluding hydrogens is 417 g/mol. The molecule has 0 radical (unpaired) electrons. The summed E-state index contributed by atoms with van der Waals surface area (Å²) in [5.41, 5.74) is 1.67. The number of carbonyl (C=O) groups is 2. The van der Waals surface area contributed by atoms with Gasteiger partial charge in [0.25, 0.3) is 5.91 Å². The van der Waals surface area contributed by atoms with Gasteiger partial charge in [0, 0.05) is 17.6 Å². The standard InChI is InChI=1S/C21H21Cl2NO5/c1-27-18-12-15(11-17(23)21(18)28-2)5-8-20(26)29-13-19(25)24-10-9-14-3-6-16(22)7-4-14/h3-8,11-12H,9-10,13H2,1-2H3,(H,24,25)/b8-5+. The molecule has 0 atom stereocenters. The second-order valence-corrected chi connectivity index (χ2v) is 6.75. The predicted molar refractivity (Wildman–Crippen MR) is 113 cm³/mol. The highest BCUT2D eigenvalue weighted by Gasteiger charge is 2.10. The van der Waals surface area contributed by atoms with E-state index in [-0.39, 0.29) is 12.5 Å². The molecule has 1 N–H and O–H groups in total. The van der Waals surface area contributed by atoms with Crippen LogP contribution in [-0.4, -0.2) is 39.2 Å². The van der Waals surface area contributed by atoms with Crippen molar-refractivity contribution in [1.29, 1.82) is 0 Å². The molecule has 0 aliphatic carbocycles. The van der Waals surface area contributed by atoms with E-state index in [0.717, 1.165) is 5.56 Å². The van der Waals surface area contributed by atoms with Crippen LogP contribution in [0.1, 0.15) is 11.1 Å². The second kappa shape index (κ2) is 11.3. The molecule has 0 aromatic heterocycles. The monoisotopic (exact) mass is 437 g/mol. The number of nitrogens with one attached hydrogen (secondary N) is 1. The van der Waals surface area contributed by atoms with Gasteiger partial charge in [-0.25, -0.2) is 4.79 Å². The summed E-state index contributed by atoms with van der Waals surface area (Å²) in [6.07, 6.45) is 3.37. The predicted octanol–water partition coefficient (Wildman–Crippen LogP) is 3.93. The summed E-state index contributed by atoms with van der Waals surface area (Å²) >= 11 is 11.9. The van der Waals surface area contributed by atoms with Crippen LogP contribution in [-0.2, 0) is 20.7 Å². The SMILES string of the molecule is COc1cc(/C=C/C(=O)OCC(=O)NCCc2ccc(Cl)cc2)cc(Cl)c1OC. The highest BCUT2D eigenvalue weighted by Crippen LogP contribution is 2.36. The fourth-order valence-corrected chi connectivity index (χ4v) is 2.85. The molecule has 8 heteroatoms. The number of amides is 1. The van der Waals surface area contributed by atoms with Crippen LogP contribution in [0.4, 0.5) is 0 Å². The van der Waals surface area contributed by atoms with Gasteiger partial charge in [0.15, 0.2) is 18.1 Å². The van der Waals surface area contributed by atoms with Crippen LogP contribution in [0.5, 0.6) is 11.5 Å². The zero-order valence-corrected chi connectivity index (χ0v) is 17.5. The molecule has 0 unspecified atom stereocenters. The molecule has 0 fully saturated rings. The number of esters is 1. The highest BCUT2D eigenvalue weighted by atomic mass is 35.5. The molecule has 0 aliphatic heterocycles. The average molecular weight is 438 g/mol. The molecule has 0 heterocycles. The van der Waals surface area contributed by atoms with Crippen LogP contribution < -0.4 is 14.8 Å². The Morgan fingerprint density at radius 1 is 1.07 bits per heavy atom. The van der Waals surface area contributed by atoms with Gasteiger partial charge in [0.1, 0.15) is 0 Å². The van der Waals surface area contributed by atoms with Crippen molar-refractivity contribution >= 4 is 41.2 Å². The molecule has 29 heavy (non-hydrogen) atoms. The molecule has 1 amide bonds. The van der Waals surface area contributed by atoms with Crippen LogP contribution in [0, 0.1) is 0 Å². The molecule has 2 aromatic carbocycles. The Morgan fingerprint density at radius 3 is 2.45 bits per heavy atom. The minimum absolute atomic E-state index is 0.347. The van der Waals surface area contributed by atoms with Crippen molar-refractivity contribution in [3.05, 3.63) is 63.6 Å². The first-order valence-corrected chi connectivity index (χ1v) is 9.46. The van der Waals surface area contributed by atoms with Crippen molar-refractivity contribution in [3.63, 3.8) is 0 Å². The van der Waals surface area contributed by atoms with Gasteiger partial charge in [-0.3, -0.25) is 4.79 Å². The smallest absolute Gasteiger partial charge is 0.331 e. The molecule has 6 nitrogen and oxygen atoms in total. The lowest BCUT2D eigenvalue weighted by atomic mass is 10.1. The first-order chi connectivity index (χ1) is 13.9. The topological polar surface area (TPSA) is 73.9 Å². The molecule has 0 spiro atoms. The summed E-state index contributed by atoms with van der Waals surface area (Å²) in [6.45, 7) is 0.0640. The molecule has 2 rings (SSSR count). The maximum atomic E-state index is 11.8. The van der Waals surface area contributed by atoms with E-state index < -0.39 is 5.97 Å². The van der Waals surface area contributed by atoms with Gasteiger partial charge in [-0.05, 0) is 47.9 Å². The Balaban J connectivity index is 1.78. The lowest BCUT2D eigenvalue weighted by Gasteiger charge is -2.10. The van der Waals surface area contributed by atoms with Gasteiger partial charge in [-0.1, -0.05) is 35.3 Å². The molecule has 2 aromatic rings. The molecule has 0 aliphatic rings. The summed E-state index contributed by atoms with van der Waals surface area (Å²) in [6, 6.07) is 10.6. The number of methoxy groups -OCH3 is 2. The lowest BCUT2D eigenvalue weighted by Crippen LogP contribution is -2.30. The summed E-state index contributed by atoms with van der Waals surface area (Å²) in [5, 5.41) is 3.70. The molecule has 154 valence electrons. The first kappa shape index (κ1) is 22.6. The van der Waals surface area contributed by atoms with Gasteiger partial charge in [-0.15, -0.1) is 0 Å². The number of hydrogen-bond donors (Lipinski definition) is 1. The van der Waals surface area contributed by atoms with Crippen LogP contribution in [0.3, 0.4) is 0 Å². The van der Waals surface area contributed by atoms with Gasteiger partial charge in [0.05, 0.1) is 19.2 Å². The third-order valence-electron chi connectivity index (χ3n) is 3.86. The molecule has 0 saturated heterocycles. The van der Waals surface area contributed by atoms with Crippen LogP contribution in [0.2, 0.25) is 10.0 Å². The Labute approximate surface area is 179 Å². The van der Waals surface area contributed by atoms with E-state index in [9.17, 15) is 9.59 Å². The van der Waals surface area contributed by atoms with E-state index >= 15 is 0 Å². The van der Waals surface area contributed by atoms with Crippen molar-refractivity contribution in [2.45, 2.75) is 6.42 Å². The highest BCUT2D eigenvalue weighted by molar-refractivity contribution is 6.32. The van der Waals surface area contributed by atoms with Gasteiger partial charge in [0.2, 0.25) is 0 Å². The third-order valence-corrected chi connectivity index (χ3v) is 4.40. The van der Waals surface area contributed by atoms with Crippen molar-refractivity contribution < 1.29 is 23.8 Å². The summed E-state index contributed by atoms with van der Waals surface area (Å²) < 4.78 is 15.3. The minimum Gasteiger partial charge on any atom is -0.493 e. The number of benzene rings is 2. The van der Waals surface area contributed by atoms with Crippen molar-refractivity contribution in [1.82, 2.24) is 5.32 Å². The van der Waals surface area contributed by atoms with Crippen LogP contribution >= 0.6 is 23.2 Å². The number of rotatable bonds is 9. The number of halogens is 2.